The van der Waals surface area contributed by atoms with Crippen molar-refractivity contribution in [3.05, 3.63) is 29.8 Å². The van der Waals surface area contributed by atoms with Gasteiger partial charge < -0.3 is 19.9 Å². The maximum absolute atomic E-state index is 11.3. The largest absolute Gasteiger partial charge is 0.488 e. The van der Waals surface area contributed by atoms with Crippen molar-refractivity contribution in [3.63, 3.8) is 0 Å². The molecule has 1 rings (SSSR count). The molecule has 16 heavy (non-hydrogen) atoms. The van der Waals surface area contributed by atoms with Crippen LogP contribution in [0.25, 0.3) is 0 Å². The molecule has 0 aromatic heterocycles. The fourth-order valence-corrected chi connectivity index (χ4v) is 1.32. The van der Waals surface area contributed by atoms with E-state index in [2.05, 4.69) is 4.74 Å². The zero-order valence-corrected chi connectivity index (χ0v) is 9.04. The van der Waals surface area contributed by atoms with Gasteiger partial charge in [-0.1, -0.05) is 24.3 Å². The van der Waals surface area contributed by atoms with E-state index in [-0.39, 0.29) is 11.0 Å². The monoisotopic (exact) mass is 224 g/mol. The first-order chi connectivity index (χ1) is 7.39. The average Bonchev–Trinajstić information content (AvgIpc) is 2.28. The van der Waals surface area contributed by atoms with E-state index >= 15 is 0 Å². The molecule has 1 atom stereocenters. The maximum Gasteiger partial charge on any atom is 0.488 e. The number of hydrogen-bond acceptors (Lipinski definition) is 5. The second-order valence-electron chi connectivity index (χ2n) is 3.56. The number of carbonyl (C=O) groups excluding carboxylic acids is 1. The Balaban J connectivity index is 3.13. The summed E-state index contributed by atoms with van der Waals surface area (Å²) in [6.07, 6.45) is 0. The van der Waals surface area contributed by atoms with Crippen LogP contribution in [0.15, 0.2) is 24.3 Å². The van der Waals surface area contributed by atoms with E-state index in [0.717, 1.165) is 0 Å². The Morgan fingerprint density at radius 2 is 2.06 bits per heavy atom. The minimum absolute atomic E-state index is 0.196. The van der Waals surface area contributed by atoms with E-state index in [1.165, 1.54) is 38.3 Å². The summed E-state index contributed by atoms with van der Waals surface area (Å²) < 4.78 is 4.46. The van der Waals surface area contributed by atoms with Crippen LogP contribution in [0.5, 0.6) is 0 Å². The van der Waals surface area contributed by atoms with Gasteiger partial charge in [-0.2, -0.15) is 0 Å². The van der Waals surface area contributed by atoms with Gasteiger partial charge >= 0.3 is 13.1 Å². The Morgan fingerprint density at radius 3 is 2.56 bits per heavy atom. The molecule has 3 N–H and O–H groups in total. The van der Waals surface area contributed by atoms with Crippen LogP contribution in [0.2, 0.25) is 0 Å². The highest BCUT2D eigenvalue weighted by Crippen LogP contribution is 2.20. The van der Waals surface area contributed by atoms with Crippen molar-refractivity contribution < 1.29 is 24.7 Å². The molecule has 86 valence electrons. The zero-order valence-electron chi connectivity index (χ0n) is 9.04. The lowest BCUT2D eigenvalue weighted by molar-refractivity contribution is -0.161. The van der Waals surface area contributed by atoms with E-state index in [1.54, 1.807) is 0 Å². The number of aliphatic hydroxyl groups is 1. The van der Waals surface area contributed by atoms with Gasteiger partial charge in [0.2, 0.25) is 0 Å². The molecule has 0 heterocycles. The normalized spacial score (nSPS) is 14.1. The molecule has 0 fully saturated rings. The quantitative estimate of drug-likeness (QED) is 0.441. The topological polar surface area (TPSA) is 87.0 Å². The van der Waals surface area contributed by atoms with E-state index in [1.807, 2.05) is 0 Å². The van der Waals surface area contributed by atoms with Crippen molar-refractivity contribution >= 4 is 18.6 Å². The van der Waals surface area contributed by atoms with Crippen molar-refractivity contribution in [2.75, 3.05) is 7.11 Å². The fraction of sp³-hybridized carbons (Fsp3) is 0.300. The average molecular weight is 224 g/mol. The van der Waals surface area contributed by atoms with E-state index in [9.17, 15) is 9.90 Å². The van der Waals surface area contributed by atoms with Crippen LogP contribution >= 0.6 is 0 Å². The molecule has 5 nitrogen and oxygen atoms in total. The Hall–Kier alpha value is -1.37. The molecule has 0 aliphatic carbocycles. The van der Waals surface area contributed by atoms with Gasteiger partial charge in [-0.15, -0.1) is 0 Å². The summed E-state index contributed by atoms with van der Waals surface area (Å²) in [7, 11) is -0.477. The number of methoxy groups -OCH3 is 1. The fourth-order valence-electron chi connectivity index (χ4n) is 1.32. The van der Waals surface area contributed by atoms with Crippen molar-refractivity contribution in [2.45, 2.75) is 12.5 Å². The smallest absolute Gasteiger partial charge is 0.467 e. The predicted octanol–water partition coefficient (Wildman–Crippen LogP) is -1.25. The number of ether oxygens (including phenoxy) is 1. The second-order valence-corrected chi connectivity index (χ2v) is 3.56. The summed E-state index contributed by atoms with van der Waals surface area (Å²) in [5.74, 6) is -0.808. The molecule has 1 aromatic rings. The molecule has 6 heteroatoms. The summed E-state index contributed by atoms with van der Waals surface area (Å²) in [5, 5.41) is 27.9. The second kappa shape index (κ2) is 4.65. The molecule has 0 bridgehead atoms. The van der Waals surface area contributed by atoms with E-state index in [0.29, 0.717) is 0 Å². The third kappa shape index (κ3) is 2.41. The lowest BCUT2D eigenvalue weighted by Crippen LogP contribution is -2.36. The highest BCUT2D eigenvalue weighted by atomic mass is 16.5. The van der Waals surface area contributed by atoms with Crippen LogP contribution in [0, 0.1) is 0 Å². The summed E-state index contributed by atoms with van der Waals surface area (Å²) in [5.41, 5.74) is -1.37. The summed E-state index contributed by atoms with van der Waals surface area (Å²) in [6.45, 7) is 1.28. The van der Waals surface area contributed by atoms with Crippen LogP contribution < -0.4 is 5.46 Å². The van der Waals surface area contributed by atoms with Gasteiger partial charge in [0.25, 0.3) is 0 Å². The van der Waals surface area contributed by atoms with Gasteiger partial charge in [0.15, 0.2) is 5.60 Å². The van der Waals surface area contributed by atoms with E-state index in [4.69, 9.17) is 10.0 Å². The van der Waals surface area contributed by atoms with Gasteiger partial charge in [0.05, 0.1) is 7.11 Å². The zero-order chi connectivity index (χ0) is 12.3. The van der Waals surface area contributed by atoms with Crippen LogP contribution in [0.4, 0.5) is 0 Å². The standard InChI is InChI=1S/C10H13BO5/c1-10(13,9(12)16-2)7-4-3-5-8(6-7)11(14)15/h3-6,13-15H,1-2H3/t10-/m1/s1. The Morgan fingerprint density at radius 1 is 1.44 bits per heavy atom. The molecule has 0 aliphatic rings. The Kier molecular flexibility index (Phi) is 3.69. The molecule has 0 aliphatic heterocycles. The third-order valence-corrected chi connectivity index (χ3v) is 2.33. The first-order valence-corrected chi connectivity index (χ1v) is 4.67. The molecule has 1 aromatic carbocycles. The van der Waals surface area contributed by atoms with E-state index < -0.39 is 18.7 Å². The molecule has 0 amide bonds. The molecule has 0 saturated heterocycles. The predicted molar refractivity (Wildman–Crippen MR) is 57.9 cm³/mol. The number of hydrogen-bond donors (Lipinski definition) is 3. The summed E-state index contributed by atoms with van der Waals surface area (Å²) in [6, 6.07) is 5.83. The molecular formula is C10H13BO5. The van der Waals surface area contributed by atoms with Gasteiger partial charge in [-0.05, 0) is 17.9 Å². The maximum atomic E-state index is 11.3. The van der Waals surface area contributed by atoms with Crippen LogP contribution in [0.3, 0.4) is 0 Å². The molecule has 0 saturated carbocycles. The van der Waals surface area contributed by atoms with Crippen LogP contribution in [0.1, 0.15) is 12.5 Å². The highest BCUT2D eigenvalue weighted by Gasteiger charge is 2.34. The molecule has 0 spiro atoms. The van der Waals surface area contributed by atoms with Gasteiger partial charge in [-0.25, -0.2) is 4.79 Å². The minimum Gasteiger partial charge on any atom is -0.467 e. The van der Waals surface area contributed by atoms with Crippen molar-refractivity contribution in [3.8, 4) is 0 Å². The first kappa shape index (κ1) is 12.7. The lowest BCUT2D eigenvalue weighted by atomic mass is 9.78. The number of carbonyl (C=O) groups is 1. The molecule has 0 radical (unpaired) electrons. The molecular weight excluding hydrogens is 211 g/mol. The van der Waals surface area contributed by atoms with Crippen molar-refractivity contribution in [1.29, 1.82) is 0 Å². The van der Waals surface area contributed by atoms with Crippen molar-refractivity contribution in [2.24, 2.45) is 0 Å². The lowest BCUT2D eigenvalue weighted by Gasteiger charge is -2.21. The van der Waals surface area contributed by atoms with Gasteiger partial charge in [0, 0.05) is 0 Å². The Bertz CT molecular complexity index is 389. The number of benzene rings is 1. The number of esters is 1. The van der Waals surface area contributed by atoms with Gasteiger partial charge in [0.1, 0.15) is 0 Å². The van der Waals surface area contributed by atoms with Crippen molar-refractivity contribution in [1.82, 2.24) is 0 Å². The van der Waals surface area contributed by atoms with Crippen LogP contribution in [-0.4, -0.2) is 35.4 Å². The first-order valence-electron chi connectivity index (χ1n) is 4.67. The number of rotatable bonds is 3. The van der Waals surface area contributed by atoms with Crippen LogP contribution in [-0.2, 0) is 15.1 Å². The molecule has 0 unspecified atom stereocenters. The summed E-state index contributed by atoms with van der Waals surface area (Å²) in [4.78, 5) is 11.3. The third-order valence-electron chi connectivity index (χ3n) is 2.33. The highest BCUT2D eigenvalue weighted by molar-refractivity contribution is 6.58. The van der Waals surface area contributed by atoms with Gasteiger partial charge in [-0.3, -0.25) is 0 Å². The Labute approximate surface area is 93.4 Å². The SMILES string of the molecule is COC(=O)[C@](C)(O)c1cccc(B(O)O)c1. The minimum atomic E-state index is -1.81. The summed E-state index contributed by atoms with van der Waals surface area (Å²) >= 11 is 0.